The van der Waals surface area contributed by atoms with Crippen molar-refractivity contribution >= 4 is 17.5 Å². The minimum atomic E-state index is -0.236. The summed E-state index contributed by atoms with van der Waals surface area (Å²) in [6.07, 6.45) is 0. The second-order valence-corrected chi connectivity index (χ2v) is 7.62. The largest absolute Gasteiger partial charge is 0.366 e. The summed E-state index contributed by atoms with van der Waals surface area (Å²) in [5.41, 5.74) is 4.07. The zero-order valence-corrected chi connectivity index (χ0v) is 16.2. The predicted molar refractivity (Wildman–Crippen MR) is 109 cm³/mol. The number of para-hydroxylation sites is 1. The fourth-order valence-corrected chi connectivity index (χ4v) is 2.88. The fourth-order valence-electron chi connectivity index (χ4n) is 2.88. The first kappa shape index (κ1) is 18.8. The van der Waals surface area contributed by atoms with Crippen LogP contribution in [0.1, 0.15) is 37.6 Å². The van der Waals surface area contributed by atoms with Crippen molar-refractivity contribution in [2.24, 2.45) is 0 Å². The maximum absolute atomic E-state index is 13.0. The first-order valence-corrected chi connectivity index (χ1v) is 9.02. The molecule has 2 N–H and O–H groups in total. The lowest BCUT2D eigenvalue weighted by Gasteiger charge is -2.23. The number of halogens is 1. The van der Waals surface area contributed by atoms with Crippen LogP contribution in [0.15, 0.2) is 54.6 Å². The smallest absolute Gasteiger partial charge is 0.229 e. The molecule has 0 saturated carbocycles. The molecule has 2 aromatic carbocycles. The number of benzene rings is 2. The van der Waals surface area contributed by atoms with Crippen LogP contribution >= 0.6 is 0 Å². The molecule has 5 heteroatoms. The van der Waals surface area contributed by atoms with E-state index in [0.717, 1.165) is 22.8 Å². The van der Waals surface area contributed by atoms with E-state index in [1.54, 1.807) is 12.1 Å². The highest BCUT2D eigenvalue weighted by molar-refractivity contribution is 5.61. The first-order chi connectivity index (χ1) is 12.8. The molecule has 0 aliphatic carbocycles. The predicted octanol–water partition coefficient (Wildman–Crippen LogP) is 5.58. The highest BCUT2D eigenvalue weighted by Crippen LogP contribution is 2.30. The standard InChI is InChI=1S/C22H25FN4/c1-15-13-20(24-14-16-9-11-17(23)12-10-16)27-21(25-15)26-19-8-6-5-7-18(19)22(2,3)4/h5-13H,14H2,1-4H3,(H2,24,25,26,27). The lowest BCUT2D eigenvalue weighted by molar-refractivity contribution is 0.592. The first-order valence-electron chi connectivity index (χ1n) is 9.02. The maximum atomic E-state index is 13.0. The summed E-state index contributed by atoms with van der Waals surface area (Å²) >= 11 is 0. The Morgan fingerprint density at radius 1 is 0.963 bits per heavy atom. The van der Waals surface area contributed by atoms with E-state index in [0.29, 0.717) is 12.5 Å². The molecule has 3 aromatic rings. The molecule has 0 atom stereocenters. The number of aryl methyl sites for hydroxylation is 1. The van der Waals surface area contributed by atoms with Gasteiger partial charge in [-0.05, 0) is 41.7 Å². The van der Waals surface area contributed by atoms with Crippen molar-refractivity contribution in [3.63, 3.8) is 0 Å². The quantitative estimate of drug-likeness (QED) is 0.621. The van der Waals surface area contributed by atoms with E-state index in [4.69, 9.17) is 0 Å². The van der Waals surface area contributed by atoms with Gasteiger partial charge < -0.3 is 10.6 Å². The van der Waals surface area contributed by atoms with Gasteiger partial charge in [0.2, 0.25) is 5.95 Å². The Kier molecular flexibility index (Phi) is 5.40. The number of aromatic nitrogens is 2. The minimum absolute atomic E-state index is 0.0110. The van der Waals surface area contributed by atoms with Gasteiger partial charge in [0.15, 0.2) is 0 Å². The third-order valence-corrected chi connectivity index (χ3v) is 4.22. The molecule has 1 heterocycles. The van der Waals surface area contributed by atoms with Crippen molar-refractivity contribution in [1.82, 2.24) is 9.97 Å². The van der Waals surface area contributed by atoms with Gasteiger partial charge in [-0.15, -0.1) is 0 Å². The molecule has 0 spiro atoms. The monoisotopic (exact) mass is 364 g/mol. The van der Waals surface area contributed by atoms with Crippen LogP contribution in [-0.2, 0) is 12.0 Å². The van der Waals surface area contributed by atoms with E-state index in [1.165, 1.54) is 17.7 Å². The SMILES string of the molecule is Cc1cc(NCc2ccc(F)cc2)nc(Nc2ccccc2C(C)(C)C)n1. The van der Waals surface area contributed by atoms with E-state index >= 15 is 0 Å². The van der Waals surface area contributed by atoms with Crippen molar-refractivity contribution in [2.75, 3.05) is 10.6 Å². The third kappa shape index (κ3) is 5.03. The Hall–Kier alpha value is -2.95. The normalized spacial score (nSPS) is 11.3. The second-order valence-electron chi connectivity index (χ2n) is 7.62. The molecule has 0 radical (unpaired) electrons. The van der Waals surface area contributed by atoms with E-state index in [9.17, 15) is 4.39 Å². The maximum Gasteiger partial charge on any atom is 0.229 e. The average Bonchev–Trinajstić information content (AvgIpc) is 2.60. The number of anilines is 3. The van der Waals surface area contributed by atoms with Gasteiger partial charge in [0, 0.05) is 24.0 Å². The molecule has 0 saturated heterocycles. The van der Waals surface area contributed by atoms with Crippen molar-refractivity contribution in [2.45, 2.75) is 39.7 Å². The van der Waals surface area contributed by atoms with Gasteiger partial charge in [0.1, 0.15) is 11.6 Å². The topological polar surface area (TPSA) is 49.8 Å². The number of hydrogen-bond acceptors (Lipinski definition) is 4. The van der Waals surface area contributed by atoms with Gasteiger partial charge in [0.05, 0.1) is 0 Å². The fraction of sp³-hybridized carbons (Fsp3) is 0.273. The van der Waals surface area contributed by atoms with E-state index < -0.39 is 0 Å². The summed E-state index contributed by atoms with van der Waals surface area (Å²) in [4.78, 5) is 9.08. The van der Waals surface area contributed by atoms with Crippen LogP contribution in [0.3, 0.4) is 0 Å². The molecule has 0 bridgehead atoms. The summed E-state index contributed by atoms with van der Waals surface area (Å²) in [5, 5.41) is 6.63. The summed E-state index contributed by atoms with van der Waals surface area (Å²) in [5.74, 6) is 1.04. The molecule has 3 rings (SSSR count). The van der Waals surface area contributed by atoms with Crippen molar-refractivity contribution < 1.29 is 4.39 Å². The molecular formula is C22H25FN4. The van der Waals surface area contributed by atoms with E-state index in [-0.39, 0.29) is 11.2 Å². The average molecular weight is 364 g/mol. The molecule has 27 heavy (non-hydrogen) atoms. The van der Waals surface area contributed by atoms with Crippen LogP contribution in [0.5, 0.6) is 0 Å². The van der Waals surface area contributed by atoms with Crippen molar-refractivity contribution in [1.29, 1.82) is 0 Å². The van der Waals surface area contributed by atoms with Gasteiger partial charge in [-0.3, -0.25) is 0 Å². The summed E-state index contributed by atoms with van der Waals surface area (Å²) < 4.78 is 13.0. The highest BCUT2D eigenvalue weighted by atomic mass is 19.1. The summed E-state index contributed by atoms with van der Waals surface area (Å²) in [6, 6.07) is 16.5. The minimum Gasteiger partial charge on any atom is -0.366 e. The highest BCUT2D eigenvalue weighted by Gasteiger charge is 2.18. The Morgan fingerprint density at radius 3 is 2.37 bits per heavy atom. The van der Waals surface area contributed by atoms with Crippen LogP contribution in [0, 0.1) is 12.7 Å². The summed E-state index contributed by atoms with van der Waals surface area (Å²) in [6.45, 7) is 9.04. The molecular weight excluding hydrogens is 339 g/mol. The van der Waals surface area contributed by atoms with Crippen LogP contribution in [0.25, 0.3) is 0 Å². The summed E-state index contributed by atoms with van der Waals surface area (Å²) in [7, 11) is 0. The van der Waals surface area contributed by atoms with Gasteiger partial charge >= 0.3 is 0 Å². The zero-order valence-electron chi connectivity index (χ0n) is 16.2. The zero-order chi connectivity index (χ0) is 19.4. The van der Waals surface area contributed by atoms with Gasteiger partial charge in [0.25, 0.3) is 0 Å². The molecule has 0 unspecified atom stereocenters. The Morgan fingerprint density at radius 2 is 1.67 bits per heavy atom. The molecule has 140 valence electrons. The van der Waals surface area contributed by atoms with Gasteiger partial charge in [-0.2, -0.15) is 4.98 Å². The third-order valence-electron chi connectivity index (χ3n) is 4.22. The van der Waals surface area contributed by atoms with Crippen LogP contribution in [0.4, 0.5) is 21.8 Å². The van der Waals surface area contributed by atoms with Gasteiger partial charge in [-0.25, -0.2) is 9.37 Å². The van der Waals surface area contributed by atoms with Crippen LogP contribution < -0.4 is 10.6 Å². The Bertz CT molecular complexity index is 914. The molecule has 4 nitrogen and oxygen atoms in total. The van der Waals surface area contributed by atoms with Crippen LogP contribution in [0.2, 0.25) is 0 Å². The van der Waals surface area contributed by atoms with Crippen molar-refractivity contribution in [3.05, 3.63) is 77.2 Å². The molecule has 0 aliphatic heterocycles. The molecule has 0 fully saturated rings. The Labute approximate surface area is 159 Å². The number of rotatable bonds is 5. The number of nitrogens with one attached hydrogen (secondary N) is 2. The van der Waals surface area contributed by atoms with E-state index in [1.807, 2.05) is 31.2 Å². The lowest BCUT2D eigenvalue weighted by Crippen LogP contribution is -2.14. The molecule has 0 aliphatic rings. The number of hydrogen-bond donors (Lipinski definition) is 2. The lowest BCUT2D eigenvalue weighted by atomic mass is 9.86. The van der Waals surface area contributed by atoms with Crippen molar-refractivity contribution in [3.8, 4) is 0 Å². The Balaban J connectivity index is 1.79. The molecule has 0 amide bonds. The van der Waals surface area contributed by atoms with Gasteiger partial charge in [-0.1, -0.05) is 51.1 Å². The number of nitrogens with zero attached hydrogens (tertiary/aromatic N) is 2. The second kappa shape index (κ2) is 7.74. The van der Waals surface area contributed by atoms with Crippen LogP contribution in [-0.4, -0.2) is 9.97 Å². The van der Waals surface area contributed by atoms with E-state index in [2.05, 4.69) is 47.4 Å². The molecule has 1 aromatic heterocycles.